The molecule has 0 aliphatic heterocycles. The molecule has 0 unspecified atom stereocenters. The molecule has 7 heteroatoms. The van der Waals surface area contributed by atoms with Crippen molar-refractivity contribution in [1.82, 2.24) is 0 Å². The van der Waals surface area contributed by atoms with E-state index in [9.17, 15) is 22.4 Å². The van der Waals surface area contributed by atoms with Gasteiger partial charge in [0.25, 0.3) is 0 Å². The van der Waals surface area contributed by atoms with Crippen LogP contribution in [0.2, 0.25) is 0 Å². The van der Waals surface area contributed by atoms with Crippen LogP contribution in [0.4, 0.5) is 23.2 Å². The van der Waals surface area contributed by atoms with Crippen molar-refractivity contribution >= 4 is 11.6 Å². The van der Waals surface area contributed by atoms with Gasteiger partial charge in [0.2, 0.25) is 5.91 Å². The minimum absolute atomic E-state index is 0.0186. The number of nitrogens with one attached hydrogen (secondary N) is 1. The minimum Gasteiger partial charge on any atom is -0.396 e. The fourth-order valence-electron chi connectivity index (χ4n) is 1.28. The first-order valence-corrected chi connectivity index (χ1v) is 5.12. The Balaban J connectivity index is 2.83. The number of hydrogen-bond acceptors (Lipinski definition) is 2. The second-order valence-corrected chi connectivity index (χ2v) is 3.57. The van der Waals surface area contributed by atoms with E-state index in [4.69, 9.17) is 5.11 Å². The first-order chi connectivity index (χ1) is 8.34. The number of rotatable bonds is 4. The maximum Gasteiger partial charge on any atom is 0.419 e. The van der Waals surface area contributed by atoms with Gasteiger partial charge in [-0.15, -0.1) is 0 Å². The fourth-order valence-corrected chi connectivity index (χ4v) is 1.28. The molecule has 1 amide bonds. The number of halogens is 4. The van der Waals surface area contributed by atoms with Gasteiger partial charge in [-0.2, -0.15) is 13.2 Å². The van der Waals surface area contributed by atoms with Gasteiger partial charge in [0.15, 0.2) is 0 Å². The van der Waals surface area contributed by atoms with Gasteiger partial charge in [0.05, 0.1) is 5.56 Å². The lowest BCUT2D eigenvalue weighted by Crippen LogP contribution is -2.14. The van der Waals surface area contributed by atoms with Crippen molar-refractivity contribution in [2.24, 2.45) is 0 Å². The molecular weight excluding hydrogens is 254 g/mol. The van der Waals surface area contributed by atoms with Gasteiger partial charge < -0.3 is 10.4 Å². The highest BCUT2D eigenvalue weighted by Crippen LogP contribution is 2.32. The Morgan fingerprint density at radius 2 is 2.00 bits per heavy atom. The van der Waals surface area contributed by atoms with Gasteiger partial charge in [-0.05, 0) is 24.6 Å². The molecule has 0 saturated carbocycles. The predicted molar refractivity (Wildman–Crippen MR) is 56.4 cm³/mol. The number of alkyl halides is 3. The first kappa shape index (κ1) is 14.4. The third-order valence-electron chi connectivity index (χ3n) is 2.12. The van der Waals surface area contributed by atoms with Crippen LogP contribution >= 0.6 is 0 Å². The molecular formula is C11H11F4NO2. The summed E-state index contributed by atoms with van der Waals surface area (Å²) in [7, 11) is 0. The smallest absolute Gasteiger partial charge is 0.396 e. The average molecular weight is 265 g/mol. The summed E-state index contributed by atoms with van der Waals surface area (Å²) in [6, 6.07) is 2.22. The molecule has 1 aromatic rings. The van der Waals surface area contributed by atoms with Gasteiger partial charge in [0.1, 0.15) is 5.82 Å². The SMILES string of the molecule is O=C(CCCO)Nc1ccc(F)c(C(F)(F)F)c1. The highest BCUT2D eigenvalue weighted by atomic mass is 19.4. The number of carbonyl (C=O) groups is 1. The summed E-state index contributed by atoms with van der Waals surface area (Å²) in [6.07, 6.45) is -4.62. The summed E-state index contributed by atoms with van der Waals surface area (Å²) in [6.45, 7) is -0.190. The largest absolute Gasteiger partial charge is 0.419 e. The van der Waals surface area contributed by atoms with Crippen LogP contribution in [0, 0.1) is 5.82 Å². The van der Waals surface area contributed by atoms with Crippen molar-refractivity contribution in [2.45, 2.75) is 19.0 Å². The predicted octanol–water partition coefficient (Wildman–Crippen LogP) is 2.56. The zero-order valence-corrected chi connectivity index (χ0v) is 9.22. The first-order valence-electron chi connectivity index (χ1n) is 5.12. The van der Waals surface area contributed by atoms with Crippen LogP contribution in [-0.4, -0.2) is 17.6 Å². The Labute approximate surface area is 100 Å². The van der Waals surface area contributed by atoms with E-state index < -0.39 is 23.5 Å². The Hall–Kier alpha value is -1.63. The van der Waals surface area contributed by atoms with Crippen LogP contribution in [0.5, 0.6) is 0 Å². The molecule has 0 heterocycles. The fraction of sp³-hybridized carbons (Fsp3) is 0.364. The van der Waals surface area contributed by atoms with Crippen molar-refractivity contribution in [2.75, 3.05) is 11.9 Å². The lowest BCUT2D eigenvalue weighted by atomic mass is 10.1. The molecule has 0 saturated heterocycles. The number of carbonyl (C=O) groups excluding carboxylic acids is 1. The normalized spacial score (nSPS) is 11.4. The molecule has 0 aliphatic carbocycles. The summed E-state index contributed by atoms with van der Waals surface area (Å²) in [5, 5.41) is 10.7. The minimum atomic E-state index is -4.81. The van der Waals surface area contributed by atoms with E-state index in [0.29, 0.717) is 12.1 Å². The zero-order valence-electron chi connectivity index (χ0n) is 9.22. The second kappa shape index (κ2) is 5.81. The Morgan fingerprint density at radius 3 is 2.56 bits per heavy atom. The van der Waals surface area contributed by atoms with E-state index in [1.54, 1.807) is 0 Å². The van der Waals surface area contributed by atoms with E-state index >= 15 is 0 Å². The van der Waals surface area contributed by atoms with Crippen molar-refractivity contribution < 1.29 is 27.5 Å². The van der Waals surface area contributed by atoms with Gasteiger partial charge in [0, 0.05) is 18.7 Å². The van der Waals surface area contributed by atoms with Crippen LogP contribution in [-0.2, 0) is 11.0 Å². The maximum absolute atomic E-state index is 12.9. The summed E-state index contributed by atoms with van der Waals surface area (Å²) in [5.74, 6) is -1.93. The standard InChI is InChI=1S/C11H11F4NO2/c12-9-4-3-7(6-8(9)11(13,14)15)16-10(18)2-1-5-17/h3-4,6,17H,1-2,5H2,(H,16,18). The van der Waals surface area contributed by atoms with Crippen molar-refractivity contribution in [3.8, 4) is 0 Å². The number of aliphatic hydroxyl groups is 1. The van der Waals surface area contributed by atoms with E-state index in [1.807, 2.05) is 0 Å². The molecule has 0 spiro atoms. The van der Waals surface area contributed by atoms with Crippen LogP contribution in [0.15, 0.2) is 18.2 Å². The lowest BCUT2D eigenvalue weighted by Gasteiger charge is -2.10. The monoisotopic (exact) mass is 265 g/mol. The van der Waals surface area contributed by atoms with E-state index in [1.165, 1.54) is 0 Å². The Morgan fingerprint density at radius 1 is 1.33 bits per heavy atom. The molecule has 1 rings (SSSR count). The zero-order chi connectivity index (χ0) is 13.8. The summed E-state index contributed by atoms with van der Waals surface area (Å²) in [4.78, 5) is 11.2. The van der Waals surface area contributed by atoms with Gasteiger partial charge in [-0.25, -0.2) is 4.39 Å². The highest BCUT2D eigenvalue weighted by molar-refractivity contribution is 5.90. The van der Waals surface area contributed by atoms with Crippen LogP contribution in [0.3, 0.4) is 0 Å². The molecule has 0 atom stereocenters. The molecule has 0 aliphatic rings. The molecule has 0 bridgehead atoms. The molecule has 2 N–H and O–H groups in total. The van der Waals surface area contributed by atoms with Gasteiger partial charge in [-0.1, -0.05) is 0 Å². The van der Waals surface area contributed by atoms with E-state index in [2.05, 4.69) is 5.32 Å². The molecule has 0 radical (unpaired) electrons. The number of benzene rings is 1. The van der Waals surface area contributed by atoms with Crippen molar-refractivity contribution in [3.63, 3.8) is 0 Å². The number of anilines is 1. The molecule has 0 aromatic heterocycles. The van der Waals surface area contributed by atoms with E-state index in [-0.39, 0.29) is 25.1 Å². The summed E-state index contributed by atoms with van der Waals surface area (Å²) >= 11 is 0. The summed E-state index contributed by atoms with van der Waals surface area (Å²) < 4.78 is 50.1. The third-order valence-corrected chi connectivity index (χ3v) is 2.12. The number of aliphatic hydroxyl groups excluding tert-OH is 1. The van der Waals surface area contributed by atoms with Crippen molar-refractivity contribution in [1.29, 1.82) is 0 Å². The molecule has 18 heavy (non-hydrogen) atoms. The Kier molecular flexibility index (Phi) is 4.66. The topological polar surface area (TPSA) is 49.3 Å². The molecule has 100 valence electrons. The third kappa shape index (κ3) is 3.99. The van der Waals surface area contributed by atoms with Crippen LogP contribution < -0.4 is 5.32 Å². The number of hydrogen-bond donors (Lipinski definition) is 2. The molecule has 0 fully saturated rings. The summed E-state index contributed by atoms with van der Waals surface area (Å²) in [5.41, 5.74) is -1.56. The van der Waals surface area contributed by atoms with Crippen LogP contribution in [0.25, 0.3) is 0 Å². The molecule has 1 aromatic carbocycles. The maximum atomic E-state index is 12.9. The van der Waals surface area contributed by atoms with Gasteiger partial charge in [-0.3, -0.25) is 4.79 Å². The van der Waals surface area contributed by atoms with Gasteiger partial charge >= 0.3 is 6.18 Å². The van der Waals surface area contributed by atoms with Crippen LogP contribution in [0.1, 0.15) is 18.4 Å². The quantitative estimate of drug-likeness (QED) is 0.822. The lowest BCUT2D eigenvalue weighted by molar-refractivity contribution is -0.140. The number of amides is 1. The average Bonchev–Trinajstić information content (AvgIpc) is 2.27. The highest BCUT2D eigenvalue weighted by Gasteiger charge is 2.34. The van der Waals surface area contributed by atoms with Crippen molar-refractivity contribution in [3.05, 3.63) is 29.6 Å². The molecule has 3 nitrogen and oxygen atoms in total. The second-order valence-electron chi connectivity index (χ2n) is 3.57. The van der Waals surface area contributed by atoms with E-state index in [0.717, 1.165) is 6.07 Å². The Bertz CT molecular complexity index is 432.